The number of hydrogen-bond donors (Lipinski definition) is 1. The third kappa shape index (κ3) is 3.03. The van der Waals surface area contributed by atoms with Crippen molar-refractivity contribution in [2.24, 2.45) is 5.92 Å². The molecule has 1 fully saturated rings. The molecule has 1 aliphatic rings. The quantitative estimate of drug-likeness (QED) is 0.853. The molecule has 1 N–H and O–H groups in total. The first-order chi connectivity index (χ1) is 8.72. The van der Waals surface area contributed by atoms with Crippen LogP contribution in [0.4, 0.5) is 0 Å². The van der Waals surface area contributed by atoms with Gasteiger partial charge in [-0.05, 0) is 51.1 Å². The minimum absolute atomic E-state index is 0.0870. The first-order valence-corrected chi connectivity index (χ1v) is 6.77. The van der Waals surface area contributed by atoms with Gasteiger partial charge in [0.2, 0.25) is 0 Å². The van der Waals surface area contributed by atoms with Gasteiger partial charge >= 0.3 is 0 Å². The van der Waals surface area contributed by atoms with Gasteiger partial charge in [-0.25, -0.2) is 0 Å². The van der Waals surface area contributed by atoms with Gasteiger partial charge in [0.05, 0.1) is 12.2 Å². The Morgan fingerprint density at radius 1 is 1.44 bits per heavy atom. The summed E-state index contributed by atoms with van der Waals surface area (Å²) in [7, 11) is 0. The molecule has 2 rings (SSSR count). The molecule has 98 valence electrons. The fourth-order valence-electron chi connectivity index (χ4n) is 2.28. The van der Waals surface area contributed by atoms with Gasteiger partial charge in [-0.1, -0.05) is 11.6 Å². The Balaban J connectivity index is 2.24. The number of piperidine rings is 1. The molecule has 1 saturated heterocycles. The zero-order chi connectivity index (χ0) is 13.0. The van der Waals surface area contributed by atoms with E-state index in [9.17, 15) is 4.79 Å². The minimum atomic E-state index is 0.0870. The SMILES string of the molecule is CCOc1ccc(Cl)cc1C(=O)C1CCNCC1. The molecule has 3 nitrogen and oxygen atoms in total. The predicted octanol–water partition coefficient (Wildman–Crippen LogP) is 2.92. The van der Waals surface area contributed by atoms with Crippen LogP contribution < -0.4 is 10.1 Å². The van der Waals surface area contributed by atoms with Crippen LogP contribution in [0.5, 0.6) is 5.75 Å². The lowest BCUT2D eigenvalue weighted by Gasteiger charge is -2.22. The molecule has 0 unspecified atom stereocenters. The average molecular weight is 268 g/mol. The second-order valence-corrected chi connectivity index (χ2v) is 4.90. The van der Waals surface area contributed by atoms with Gasteiger partial charge in [0, 0.05) is 10.9 Å². The number of rotatable bonds is 4. The Bertz CT molecular complexity index is 428. The molecule has 1 aromatic rings. The summed E-state index contributed by atoms with van der Waals surface area (Å²) in [6.07, 6.45) is 1.77. The minimum Gasteiger partial charge on any atom is -0.493 e. The second-order valence-electron chi connectivity index (χ2n) is 4.46. The van der Waals surface area contributed by atoms with Crippen LogP contribution in [0.25, 0.3) is 0 Å². The van der Waals surface area contributed by atoms with E-state index >= 15 is 0 Å². The van der Waals surface area contributed by atoms with Gasteiger partial charge in [0.15, 0.2) is 5.78 Å². The summed E-state index contributed by atoms with van der Waals surface area (Å²) < 4.78 is 5.51. The molecule has 1 aromatic carbocycles. The molecule has 0 aromatic heterocycles. The summed E-state index contributed by atoms with van der Waals surface area (Å²) >= 11 is 5.98. The number of carbonyl (C=O) groups excluding carboxylic acids is 1. The highest BCUT2D eigenvalue weighted by Crippen LogP contribution is 2.28. The molecular formula is C14H18ClNO2. The third-order valence-corrected chi connectivity index (χ3v) is 3.45. The molecule has 0 saturated carbocycles. The first kappa shape index (κ1) is 13.4. The Morgan fingerprint density at radius 2 is 2.17 bits per heavy atom. The van der Waals surface area contributed by atoms with Crippen molar-refractivity contribution in [3.05, 3.63) is 28.8 Å². The van der Waals surface area contributed by atoms with Crippen LogP contribution in [0.15, 0.2) is 18.2 Å². The highest BCUT2D eigenvalue weighted by molar-refractivity contribution is 6.31. The van der Waals surface area contributed by atoms with Gasteiger partial charge in [0.1, 0.15) is 5.75 Å². The van der Waals surface area contributed by atoms with Crippen molar-refractivity contribution >= 4 is 17.4 Å². The van der Waals surface area contributed by atoms with E-state index in [1.54, 1.807) is 18.2 Å². The van der Waals surface area contributed by atoms with Crippen molar-refractivity contribution < 1.29 is 9.53 Å². The van der Waals surface area contributed by atoms with Gasteiger partial charge in [-0.15, -0.1) is 0 Å². The zero-order valence-corrected chi connectivity index (χ0v) is 11.3. The summed E-state index contributed by atoms with van der Waals surface area (Å²) in [6, 6.07) is 5.25. The zero-order valence-electron chi connectivity index (χ0n) is 10.5. The molecule has 1 heterocycles. The predicted molar refractivity (Wildman–Crippen MR) is 72.5 cm³/mol. The van der Waals surface area contributed by atoms with E-state index < -0.39 is 0 Å². The number of benzene rings is 1. The number of Topliss-reactive ketones (excluding diaryl/α,β-unsaturated/α-hetero) is 1. The van der Waals surface area contributed by atoms with Crippen LogP contribution in [-0.2, 0) is 0 Å². The maximum atomic E-state index is 12.5. The fraction of sp³-hybridized carbons (Fsp3) is 0.500. The van der Waals surface area contributed by atoms with Crippen LogP contribution in [0, 0.1) is 5.92 Å². The normalized spacial score (nSPS) is 16.6. The summed E-state index contributed by atoms with van der Waals surface area (Å²) in [5, 5.41) is 3.84. The fourth-order valence-corrected chi connectivity index (χ4v) is 2.45. The lowest BCUT2D eigenvalue weighted by Crippen LogP contribution is -2.32. The molecule has 0 radical (unpaired) electrons. The van der Waals surface area contributed by atoms with Crippen molar-refractivity contribution in [2.75, 3.05) is 19.7 Å². The Morgan fingerprint density at radius 3 is 2.83 bits per heavy atom. The largest absolute Gasteiger partial charge is 0.493 e. The van der Waals surface area contributed by atoms with Crippen molar-refractivity contribution in [1.29, 1.82) is 0 Å². The molecule has 0 aliphatic carbocycles. The molecule has 0 atom stereocenters. The van der Waals surface area contributed by atoms with Gasteiger partial charge in [-0.2, -0.15) is 0 Å². The molecule has 1 aliphatic heterocycles. The van der Waals surface area contributed by atoms with E-state index in [0.717, 1.165) is 25.9 Å². The van der Waals surface area contributed by atoms with Gasteiger partial charge < -0.3 is 10.1 Å². The summed E-state index contributed by atoms with van der Waals surface area (Å²) in [4.78, 5) is 12.5. The van der Waals surface area contributed by atoms with Crippen LogP contribution in [0.2, 0.25) is 5.02 Å². The molecule has 4 heteroatoms. The number of ether oxygens (including phenoxy) is 1. The standard InChI is InChI=1S/C14H18ClNO2/c1-2-18-13-4-3-11(15)9-12(13)14(17)10-5-7-16-8-6-10/h3-4,9-10,16H,2,5-8H2,1H3. The topological polar surface area (TPSA) is 38.3 Å². The monoisotopic (exact) mass is 267 g/mol. The lowest BCUT2D eigenvalue weighted by atomic mass is 9.89. The second kappa shape index (κ2) is 6.21. The summed E-state index contributed by atoms with van der Waals surface area (Å²) in [6.45, 7) is 4.27. The summed E-state index contributed by atoms with van der Waals surface area (Å²) in [5.41, 5.74) is 0.622. The van der Waals surface area contributed by atoms with Crippen LogP contribution in [0.1, 0.15) is 30.1 Å². The highest BCUT2D eigenvalue weighted by atomic mass is 35.5. The van der Waals surface area contributed by atoms with E-state index in [2.05, 4.69) is 5.32 Å². The van der Waals surface area contributed by atoms with Crippen molar-refractivity contribution in [3.63, 3.8) is 0 Å². The smallest absolute Gasteiger partial charge is 0.169 e. The molecule has 18 heavy (non-hydrogen) atoms. The van der Waals surface area contributed by atoms with E-state index in [4.69, 9.17) is 16.3 Å². The number of carbonyl (C=O) groups is 1. The molecular weight excluding hydrogens is 250 g/mol. The highest BCUT2D eigenvalue weighted by Gasteiger charge is 2.24. The molecule has 0 spiro atoms. The molecule has 0 amide bonds. The average Bonchev–Trinajstić information content (AvgIpc) is 2.41. The number of ketones is 1. The number of halogens is 1. The maximum Gasteiger partial charge on any atom is 0.169 e. The first-order valence-electron chi connectivity index (χ1n) is 6.39. The number of hydrogen-bond acceptors (Lipinski definition) is 3. The van der Waals surface area contributed by atoms with Gasteiger partial charge in [-0.3, -0.25) is 4.79 Å². The summed E-state index contributed by atoms with van der Waals surface area (Å²) in [5.74, 6) is 0.886. The molecule has 0 bridgehead atoms. The maximum absolute atomic E-state index is 12.5. The van der Waals surface area contributed by atoms with Crippen LogP contribution in [-0.4, -0.2) is 25.5 Å². The van der Waals surface area contributed by atoms with Crippen LogP contribution in [0.3, 0.4) is 0 Å². The van der Waals surface area contributed by atoms with Crippen molar-refractivity contribution in [2.45, 2.75) is 19.8 Å². The Labute approximate surface area is 112 Å². The van der Waals surface area contributed by atoms with Crippen molar-refractivity contribution in [3.8, 4) is 5.75 Å². The van der Waals surface area contributed by atoms with E-state index in [1.807, 2.05) is 6.92 Å². The Hall–Kier alpha value is -1.06. The van der Waals surface area contributed by atoms with Crippen molar-refractivity contribution in [1.82, 2.24) is 5.32 Å². The van der Waals surface area contributed by atoms with E-state index in [0.29, 0.717) is 22.9 Å². The van der Waals surface area contributed by atoms with E-state index in [1.165, 1.54) is 0 Å². The Kier molecular flexibility index (Phi) is 4.61. The lowest BCUT2D eigenvalue weighted by molar-refractivity contribution is 0.0891. The van der Waals surface area contributed by atoms with Gasteiger partial charge in [0.25, 0.3) is 0 Å². The number of nitrogens with one attached hydrogen (secondary N) is 1. The van der Waals surface area contributed by atoms with Crippen LogP contribution >= 0.6 is 11.6 Å². The third-order valence-electron chi connectivity index (χ3n) is 3.22. The van der Waals surface area contributed by atoms with E-state index in [-0.39, 0.29) is 11.7 Å².